The zero-order chi connectivity index (χ0) is 15.2. The van der Waals surface area contributed by atoms with Crippen LogP contribution in [0.25, 0.3) is 0 Å². The molecule has 0 aromatic rings. The van der Waals surface area contributed by atoms with Gasteiger partial charge in [-0.25, -0.2) is 4.79 Å². The maximum Gasteiger partial charge on any atom is 0.319 e. The number of imide groups is 1. The largest absolute Gasteiger partial charge is 0.351 e. The third kappa shape index (κ3) is 2.80. The fraction of sp³-hybridized carbons (Fsp3) is 0.875. The summed E-state index contributed by atoms with van der Waals surface area (Å²) in [6.07, 6.45) is 8.31. The Morgan fingerprint density at radius 3 is 2.00 bits per heavy atom. The number of nitrogens with two attached hydrogens (primary N) is 2. The summed E-state index contributed by atoms with van der Waals surface area (Å²) in [5.41, 5.74) is 5.44. The van der Waals surface area contributed by atoms with Gasteiger partial charge in [-0.2, -0.15) is 0 Å². The third-order valence-electron chi connectivity index (χ3n) is 6.29. The standard InChI is InChI=1S/C16H27N3O2/c1-9(14(20)19-15(17)21)18-10(2)16-6-11-3-12(7-16)5-13(4-11)8-16/h9-13,18H,3-8H2,1-2H3,(H3,17,19,20,21)/p+1/t9-,10-,11?,12?,13?,16?/m0/s1. The molecule has 4 fully saturated rings. The summed E-state index contributed by atoms with van der Waals surface area (Å²) in [7, 11) is 0. The molecule has 5 N–H and O–H groups in total. The van der Waals surface area contributed by atoms with Crippen LogP contribution in [0.3, 0.4) is 0 Å². The van der Waals surface area contributed by atoms with Crippen LogP contribution in [0, 0.1) is 23.2 Å². The van der Waals surface area contributed by atoms with E-state index in [4.69, 9.17) is 5.73 Å². The smallest absolute Gasteiger partial charge is 0.319 e. The highest BCUT2D eigenvalue weighted by Gasteiger charge is 2.54. The first-order valence-corrected chi connectivity index (χ1v) is 8.33. The van der Waals surface area contributed by atoms with E-state index in [2.05, 4.69) is 17.6 Å². The summed E-state index contributed by atoms with van der Waals surface area (Å²) in [6, 6.07) is -0.595. The maximum absolute atomic E-state index is 11.9. The Hall–Kier alpha value is -1.10. The van der Waals surface area contributed by atoms with Crippen molar-refractivity contribution in [1.82, 2.24) is 5.32 Å². The number of hydrogen-bond donors (Lipinski definition) is 3. The van der Waals surface area contributed by atoms with Gasteiger partial charge in [0, 0.05) is 5.41 Å². The van der Waals surface area contributed by atoms with Gasteiger partial charge in [-0.3, -0.25) is 10.1 Å². The first-order valence-electron chi connectivity index (χ1n) is 8.33. The number of primary amides is 1. The van der Waals surface area contributed by atoms with Crippen molar-refractivity contribution in [1.29, 1.82) is 0 Å². The quantitative estimate of drug-likeness (QED) is 0.714. The highest BCUT2D eigenvalue weighted by molar-refractivity contribution is 5.95. The van der Waals surface area contributed by atoms with E-state index in [0.29, 0.717) is 11.5 Å². The molecule has 4 aliphatic rings. The van der Waals surface area contributed by atoms with E-state index in [1.165, 1.54) is 38.5 Å². The van der Waals surface area contributed by atoms with Crippen LogP contribution < -0.4 is 16.4 Å². The molecule has 4 aliphatic carbocycles. The Balaban J connectivity index is 1.64. The number of nitrogens with one attached hydrogen (secondary N) is 1. The molecule has 21 heavy (non-hydrogen) atoms. The highest BCUT2D eigenvalue weighted by atomic mass is 16.2. The van der Waals surface area contributed by atoms with E-state index in [-0.39, 0.29) is 11.9 Å². The second-order valence-corrected chi connectivity index (χ2v) is 7.90. The van der Waals surface area contributed by atoms with E-state index in [1.807, 2.05) is 6.92 Å². The molecule has 5 nitrogen and oxygen atoms in total. The van der Waals surface area contributed by atoms with Gasteiger partial charge < -0.3 is 11.1 Å². The molecule has 0 heterocycles. The Morgan fingerprint density at radius 1 is 1.10 bits per heavy atom. The molecular weight excluding hydrogens is 266 g/mol. The molecule has 0 aliphatic heterocycles. The number of quaternary nitrogens is 1. The topological polar surface area (TPSA) is 88.8 Å². The highest BCUT2D eigenvalue weighted by Crippen LogP contribution is 2.60. The first-order chi connectivity index (χ1) is 9.88. The Bertz CT molecular complexity index is 414. The molecule has 0 aromatic carbocycles. The van der Waals surface area contributed by atoms with Gasteiger partial charge in [0.2, 0.25) is 0 Å². The van der Waals surface area contributed by atoms with Crippen molar-refractivity contribution in [3.05, 3.63) is 0 Å². The van der Waals surface area contributed by atoms with Crippen LogP contribution in [0.1, 0.15) is 52.4 Å². The number of carbonyl (C=O) groups is 2. The monoisotopic (exact) mass is 294 g/mol. The second-order valence-electron chi connectivity index (χ2n) is 7.90. The first kappa shape index (κ1) is 14.8. The zero-order valence-electron chi connectivity index (χ0n) is 13.1. The number of hydrogen-bond acceptors (Lipinski definition) is 2. The normalized spacial score (nSPS) is 39.8. The van der Waals surface area contributed by atoms with Crippen molar-refractivity contribution < 1.29 is 14.9 Å². The molecule has 0 radical (unpaired) electrons. The Morgan fingerprint density at radius 2 is 1.57 bits per heavy atom. The molecule has 0 unspecified atom stereocenters. The zero-order valence-corrected chi connectivity index (χ0v) is 13.1. The van der Waals surface area contributed by atoms with Crippen LogP contribution in [0.2, 0.25) is 0 Å². The fourth-order valence-corrected chi connectivity index (χ4v) is 5.70. The minimum Gasteiger partial charge on any atom is -0.351 e. The molecule has 4 bridgehead atoms. The van der Waals surface area contributed by atoms with Gasteiger partial charge >= 0.3 is 6.03 Å². The van der Waals surface area contributed by atoms with Crippen LogP contribution in [-0.4, -0.2) is 24.0 Å². The number of amides is 3. The van der Waals surface area contributed by atoms with Crippen molar-refractivity contribution in [3.8, 4) is 0 Å². The Labute approximate surface area is 126 Å². The summed E-state index contributed by atoms with van der Waals surface area (Å²) < 4.78 is 0. The van der Waals surface area contributed by atoms with E-state index in [0.717, 1.165) is 17.8 Å². The van der Waals surface area contributed by atoms with Crippen molar-refractivity contribution in [2.75, 3.05) is 0 Å². The van der Waals surface area contributed by atoms with Gasteiger partial charge in [-0.15, -0.1) is 0 Å². The molecule has 0 saturated heterocycles. The van der Waals surface area contributed by atoms with E-state index in [1.54, 1.807) is 0 Å². The molecule has 4 rings (SSSR count). The predicted molar refractivity (Wildman–Crippen MR) is 79.2 cm³/mol. The van der Waals surface area contributed by atoms with E-state index in [9.17, 15) is 9.59 Å². The van der Waals surface area contributed by atoms with E-state index < -0.39 is 6.03 Å². The average Bonchev–Trinajstić information content (AvgIpc) is 2.35. The van der Waals surface area contributed by atoms with Crippen LogP contribution in [-0.2, 0) is 4.79 Å². The molecule has 4 saturated carbocycles. The molecule has 118 valence electrons. The average molecular weight is 294 g/mol. The van der Waals surface area contributed by atoms with Crippen molar-refractivity contribution in [2.24, 2.45) is 28.9 Å². The Kier molecular flexibility index (Phi) is 3.72. The van der Waals surface area contributed by atoms with Gasteiger partial charge in [0.25, 0.3) is 5.91 Å². The lowest BCUT2D eigenvalue weighted by molar-refractivity contribution is -0.719. The molecule has 5 heteroatoms. The molecule has 2 atom stereocenters. The lowest BCUT2D eigenvalue weighted by atomic mass is 9.48. The SMILES string of the molecule is C[C@H]([NH2+][C@@H](C)C12CC3CC(CC(C3)C1)C2)C(=O)NC(N)=O. The summed E-state index contributed by atoms with van der Waals surface area (Å²) in [6.45, 7) is 4.12. The fourth-order valence-electron chi connectivity index (χ4n) is 5.70. The predicted octanol–water partition coefficient (Wildman–Crippen LogP) is 0.738. The van der Waals surface area contributed by atoms with E-state index >= 15 is 0 Å². The van der Waals surface area contributed by atoms with Crippen molar-refractivity contribution >= 4 is 11.9 Å². The maximum atomic E-state index is 11.9. The molecular formula is C16H28N3O2+. The number of urea groups is 1. The van der Waals surface area contributed by atoms with Crippen LogP contribution in [0.15, 0.2) is 0 Å². The van der Waals surface area contributed by atoms with Gasteiger partial charge in [-0.05, 0) is 70.1 Å². The van der Waals surface area contributed by atoms with Crippen LogP contribution >= 0.6 is 0 Å². The second kappa shape index (κ2) is 5.27. The van der Waals surface area contributed by atoms with Gasteiger partial charge in [0.05, 0.1) is 6.04 Å². The summed E-state index contributed by atoms with van der Waals surface area (Å²) >= 11 is 0. The minimum absolute atomic E-state index is 0.263. The van der Waals surface area contributed by atoms with Gasteiger partial charge in [0.15, 0.2) is 6.04 Å². The summed E-state index contributed by atoms with van der Waals surface area (Å²) in [5.74, 6) is 2.48. The summed E-state index contributed by atoms with van der Waals surface area (Å²) in [5, 5.41) is 4.33. The lowest BCUT2D eigenvalue weighted by Crippen LogP contribution is -2.98. The minimum atomic E-state index is -0.761. The van der Waals surface area contributed by atoms with Crippen molar-refractivity contribution in [3.63, 3.8) is 0 Å². The lowest BCUT2D eigenvalue weighted by Gasteiger charge is -2.58. The molecule has 0 spiro atoms. The van der Waals surface area contributed by atoms with Crippen LogP contribution in [0.4, 0.5) is 4.79 Å². The van der Waals surface area contributed by atoms with Gasteiger partial charge in [-0.1, -0.05) is 0 Å². The number of rotatable bonds is 4. The van der Waals surface area contributed by atoms with Crippen LogP contribution in [0.5, 0.6) is 0 Å². The number of carbonyl (C=O) groups excluding carboxylic acids is 2. The van der Waals surface area contributed by atoms with Crippen molar-refractivity contribution in [2.45, 2.75) is 64.5 Å². The molecule has 0 aromatic heterocycles. The van der Waals surface area contributed by atoms with Gasteiger partial charge in [0.1, 0.15) is 0 Å². The third-order valence-corrected chi connectivity index (χ3v) is 6.29. The molecule has 3 amide bonds. The summed E-state index contributed by atoms with van der Waals surface area (Å²) in [4.78, 5) is 22.7.